The first kappa shape index (κ1) is 14.3. The molecule has 0 amide bonds. The lowest BCUT2D eigenvalue weighted by molar-refractivity contribution is 0.114. The van der Waals surface area contributed by atoms with Gasteiger partial charge in [0.1, 0.15) is 0 Å². The largest absolute Gasteiger partial charge is 0.314 e. The monoisotopic (exact) mass is 252 g/mol. The number of likely N-dealkylation sites (tertiary alicyclic amines) is 1. The topological polar surface area (TPSA) is 15.3 Å². The summed E-state index contributed by atoms with van der Waals surface area (Å²) in [4.78, 5) is 2.73. The minimum absolute atomic E-state index is 0.819. The summed E-state index contributed by atoms with van der Waals surface area (Å²) >= 11 is 0. The van der Waals surface area contributed by atoms with Crippen molar-refractivity contribution in [2.45, 2.75) is 77.3 Å². The van der Waals surface area contributed by atoms with Crippen LogP contribution in [0.25, 0.3) is 0 Å². The van der Waals surface area contributed by atoms with Crippen LogP contribution >= 0.6 is 0 Å². The standard InChI is InChI=1S/C16H32N2/c1-3-15-10-9-14(2)18(13-15)12-6-11-17-16-7-4-5-8-16/h14-17H,3-13H2,1-2H3. The quantitative estimate of drug-likeness (QED) is 0.729. The van der Waals surface area contributed by atoms with E-state index < -0.39 is 0 Å². The third-order valence-electron chi connectivity index (χ3n) is 5.10. The van der Waals surface area contributed by atoms with Gasteiger partial charge in [-0.15, -0.1) is 0 Å². The van der Waals surface area contributed by atoms with Gasteiger partial charge in [0.05, 0.1) is 0 Å². The average Bonchev–Trinajstić information content (AvgIpc) is 2.89. The van der Waals surface area contributed by atoms with Gasteiger partial charge in [0.15, 0.2) is 0 Å². The molecule has 0 bridgehead atoms. The van der Waals surface area contributed by atoms with Crippen molar-refractivity contribution in [3.8, 4) is 0 Å². The van der Waals surface area contributed by atoms with Gasteiger partial charge in [-0.05, 0) is 58.0 Å². The Bertz CT molecular complexity index is 223. The minimum atomic E-state index is 0.819. The summed E-state index contributed by atoms with van der Waals surface area (Å²) in [6.07, 6.45) is 11.3. The number of nitrogens with zero attached hydrogens (tertiary/aromatic N) is 1. The second-order valence-electron chi connectivity index (χ2n) is 6.48. The van der Waals surface area contributed by atoms with Gasteiger partial charge in [0.2, 0.25) is 0 Å². The van der Waals surface area contributed by atoms with E-state index in [4.69, 9.17) is 0 Å². The second kappa shape index (κ2) is 7.49. The van der Waals surface area contributed by atoms with Gasteiger partial charge in [0.25, 0.3) is 0 Å². The smallest absolute Gasteiger partial charge is 0.00671 e. The summed E-state index contributed by atoms with van der Waals surface area (Å²) in [6.45, 7) is 8.64. The van der Waals surface area contributed by atoms with Crippen LogP contribution in [0.2, 0.25) is 0 Å². The molecular weight excluding hydrogens is 220 g/mol. The summed E-state index contributed by atoms with van der Waals surface area (Å²) in [5, 5.41) is 3.73. The maximum atomic E-state index is 3.73. The Labute approximate surface area is 114 Å². The van der Waals surface area contributed by atoms with Crippen molar-refractivity contribution in [1.29, 1.82) is 0 Å². The zero-order chi connectivity index (χ0) is 12.8. The van der Waals surface area contributed by atoms with Crippen molar-refractivity contribution in [1.82, 2.24) is 10.2 Å². The van der Waals surface area contributed by atoms with Gasteiger partial charge in [-0.25, -0.2) is 0 Å². The molecule has 0 radical (unpaired) electrons. The molecule has 0 aromatic heterocycles. The molecule has 0 spiro atoms. The number of nitrogens with one attached hydrogen (secondary N) is 1. The molecule has 0 aromatic rings. The lowest BCUT2D eigenvalue weighted by atomic mass is 9.91. The van der Waals surface area contributed by atoms with Crippen LogP contribution in [-0.2, 0) is 0 Å². The van der Waals surface area contributed by atoms with Gasteiger partial charge >= 0.3 is 0 Å². The molecule has 1 aliphatic carbocycles. The molecule has 1 saturated carbocycles. The van der Waals surface area contributed by atoms with E-state index in [-0.39, 0.29) is 0 Å². The summed E-state index contributed by atoms with van der Waals surface area (Å²) < 4.78 is 0. The third-order valence-corrected chi connectivity index (χ3v) is 5.10. The molecule has 1 N–H and O–H groups in total. The van der Waals surface area contributed by atoms with Gasteiger partial charge in [-0.3, -0.25) is 0 Å². The van der Waals surface area contributed by atoms with Gasteiger partial charge in [0, 0.05) is 18.6 Å². The molecule has 0 aromatic carbocycles. The van der Waals surface area contributed by atoms with E-state index in [1.165, 1.54) is 71.0 Å². The van der Waals surface area contributed by atoms with Crippen molar-refractivity contribution >= 4 is 0 Å². The van der Waals surface area contributed by atoms with Crippen molar-refractivity contribution in [2.24, 2.45) is 5.92 Å². The molecule has 2 atom stereocenters. The fourth-order valence-corrected chi connectivity index (χ4v) is 3.63. The molecule has 1 saturated heterocycles. The second-order valence-corrected chi connectivity index (χ2v) is 6.48. The van der Waals surface area contributed by atoms with Crippen LogP contribution in [0.3, 0.4) is 0 Å². The van der Waals surface area contributed by atoms with E-state index in [1.54, 1.807) is 0 Å². The summed E-state index contributed by atoms with van der Waals surface area (Å²) in [6, 6.07) is 1.66. The highest BCUT2D eigenvalue weighted by atomic mass is 15.2. The summed E-state index contributed by atoms with van der Waals surface area (Å²) in [5.74, 6) is 0.962. The van der Waals surface area contributed by atoms with Crippen LogP contribution in [0.1, 0.15) is 65.2 Å². The molecule has 2 aliphatic rings. The average molecular weight is 252 g/mol. The first-order valence-corrected chi connectivity index (χ1v) is 8.27. The van der Waals surface area contributed by atoms with E-state index in [2.05, 4.69) is 24.1 Å². The molecule has 2 rings (SSSR count). The molecule has 106 valence electrons. The van der Waals surface area contributed by atoms with Crippen molar-refractivity contribution in [3.63, 3.8) is 0 Å². The zero-order valence-electron chi connectivity index (χ0n) is 12.5. The molecule has 2 fully saturated rings. The van der Waals surface area contributed by atoms with E-state index in [0.717, 1.165) is 18.0 Å². The Morgan fingerprint density at radius 2 is 1.89 bits per heavy atom. The predicted octanol–water partition coefficient (Wildman–Crippen LogP) is 3.42. The lowest BCUT2D eigenvalue weighted by Crippen LogP contribution is -2.43. The highest BCUT2D eigenvalue weighted by molar-refractivity contribution is 4.79. The summed E-state index contributed by atoms with van der Waals surface area (Å²) in [7, 11) is 0. The minimum Gasteiger partial charge on any atom is -0.314 e. The first-order chi connectivity index (χ1) is 8.79. The van der Waals surface area contributed by atoms with Crippen molar-refractivity contribution < 1.29 is 0 Å². The third kappa shape index (κ3) is 4.24. The van der Waals surface area contributed by atoms with E-state index in [0.29, 0.717) is 0 Å². The highest BCUT2D eigenvalue weighted by Gasteiger charge is 2.23. The molecule has 2 heteroatoms. The zero-order valence-corrected chi connectivity index (χ0v) is 12.5. The van der Waals surface area contributed by atoms with Crippen LogP contribution in [0.15, 0.2) is 0 Å². The number of hydrogen-bond donors (Lipinski definition) is 1. The van der Waals surface area contributed by atoms with Crippen molar-refractivity contribution in [3.05, 3.63) is 0 Å². The normalized spacial score (nSPS) is 31.0. The van der Waals surface area contributed by atoms with Crippen LogP contribution < -0.4 is 5.32 Å². The Hall–Kier alpha value is -0.0800. The molecule has 2 unspecified atom stereocenters. The van der Waals surface area contributed by atoms with E-state index >= 15 is 0 Å². The van der Waals surface area contributed by atoms with Crippen LogP contribution in [0, 0.1) is 5.92 Å². The lowest BCUT2D eigenvalue weighted by Gasteiger charge is -2.37. The molecular formula is C16H32N2. The maximum absolute atomic E-state index is 3.73. The molecule has 1 heterocycles. The van der Waals surface area contributed by atoms with Crippen molar-refractivity contribution in [2.75, 3.05) is 19.6 Å². The van der Waals surface area contributed by atoms with Crippen LogP contribution in [0.4, 0.5) is 0 Å². The Kier molecular flexibility index (Phi) is 5.97. The number of piperidine rings is 1. The number of rotatable bonds is 6. The summed E-state index contributed by atoms with van der Waals surface area (Å²) in [5.41, 5.74) is 0. The Morgan fingerprint density at radius 3 is 2.61 bits per heavy atom. The van der Waals surface area contributed by atoms with Crippen LogP contribution in [-0.4, -0.2) is 36.6 Å². The Balaban J connectivity index is 1.59. The maximum Gasteiger partial charge on any atom is 0.00671 e. The fourth-order valence-electron chi connectivity index (χ4n) is 3.63. The highest BCUT2D eigenvalue weighted by Crippen LogP contribution is 2.24. The van der Waals surface area contributed by atoms with E-state index in [1.807, 2.05) is 0 Å². The Morgan fingerprint density at radius 1 is 1.11 bits per heavy atom. The van der Waals surface area contributed by atoms with Gasteiger partial charge in [-0.1, -0.05) is 26.2 Å². The van der Waals surface area contributed by atoms with Gasteiger partial charge < -0.3 is 10.2 Å². The fraction of sp³-hybridized carbons (Fsp3) is 1.00. The molecule has 2 nitrogen and oxygen atoms in total. The molecule has 1 aliphatic heterocycles. The molecule has 18 heavy (non-hydrogen) atoms. The SMILES string of the molecule is CCC1CCC(C)N(CCCNC2CCCC2)C1. The van der Waals surface area contributed by atoms with E-state index in [9.17, 15) is 0 Å². The first-order valence-electron chi connectivity index (χ1n) is 8.27. The van der Waals surface area contributed by atoms with Crippen LogP contribution in [0.5, 0.6) is 0 Å². The predicted molar refractivity (Wildman–Crippen MR) is 78.9 cm³/mol. The number of hydrogen-bond acceptors (Lipinski definition) is 2. The van der Waals surface area contributed by atoms with Gasteiger partial charge in [-0.2, -0.15) is 0 Å².